The highest BCUT2D eigenvalue weighted by Crippen LogP contribution is 2.22. The Balaban J connectivity index is 1.95. The molecule has 1 aromatic heterocycles. The molecular weight excluding hydrogens is 292 g/mol. The van der Waals surface area contributed by atoms with Gasteiger partial charge in [0, 0.05) is 31.5 Å². The van der Waals surface area contributed by atoms with Gasteiger partial charge in [-0.05, 0) is 40.5 Å². The molecule has 1 heterocycles. The largest absolute Gasteiger partial charge is 0.444 e. The summed E-state index contributed by atoms with van der Waals surface area (Å²) in [5.74, 6) is 1.01. The minimum absolute atomic E-state index is 0.0984. The Kier molecular flexibility index (Phi) is 5.68. The second-order valence-corrected chi connectivity index (χ2v) is 7.43. The van der Waals surface area contributed by atoms with Crippen LogP contribution in [0.15, 0.2) is 12.4 Å². The van der Waals surface area contributed by atoms with E-state index in [4.69, 9.17) is 4.74 Å². The van der Waals surface area contributed by atoms with Crippen LogP contribution >= 0.6 is 0 Å². The van der Waals surface area contributed by atoms with Gasteiger partial charge in [0.1, 0.15) is 11.4 Å². The summed E-state index contributed by atoms with van der Waals surface area (Å²) in [5.41, 5.74) is -0.470. The summed E-state index contributed by atoms with van der Waals surface area (Å²) >= 11 is 0. The number of carbonyl (C=O) groups is 1. The summed E-state index contributed by atoms with van der Waals surface area (Å²) in [5, 5.41) is 6.67. The van der Waals surface area contributed by atoms with Crippen molar-refractivity contribution in [1.29, 1.82) is 0 Å². The molecule has 130 valence electrons. The number of ether oxygens (including phenoxy) is 1. The highest BCUT2D eigenvalue weighted by molar-refractivity contribution is 5.68. The molecule has 1 fully saturated rings. The van der Waals surface area contributed by atoms with Crippen molar-refractivity contribution in [3.05, 3.63) is 18.2 Å². The molecule has 3 atom stereocenters. The van der Waals surface area contributed by atoms with E-state index < -0.39 is 5.60 Å². The average Bonchev–Trinajstić information content (AvgIpc) is 2.85. The van der Waals surface area contributed by atoms with Gasteiger partial charge in [-0.25, -0.2) is 9.78 Å². The molecule has 1 unspecified atom stereocenters. The first-order valence-corrected chi connectivity index (χ1v) is 8.49. The van der Waals surface area contributed by atoms with Crippen LogP contribution in [-0.4, -0.2) is 33.3 Å². The summed E-state index contributed by atoms with van der Waals surface area (Å²) in [4.78, 5) is 16.5. The Bertz CT molecular complexity index is 521. The lowest BCUT2D eigenvalue weighted by Crippen LogP contribution is -2.53. The number of nitrogens with zero attached hydrogens (tertiary/aromatic N) is 2. The third kappa shape index (κ3) is 5.23. The topological polar surface area (TPSA) is 68.2 Å². The first-order valence-electron chi connectivity index (χ1n) is 8.49. The molecule has 2 N–H and O–H groups in total. The molecule has 23 heavy (non-hydrogen) atoms. The maximum Gasteiger partial charge on any atom is 0.407 e. The maximum absolute atomic E-state index is 12.1. The Hall–Kier alpha value is -1.56. The van der Waals surface area contributed by atoms with Crippen LogP contribution in [0.5, 0.6) is 0 Å². The quantitative estimate of drug-likeness (QED) is 0.894. The van der Waals surface area contributed by atoms with Gasteiger partial charge in [-0.3, -0.25) is 0 Å². The van der Waals surface area contributed by atoms with Crippen LogP contribution in [0.25, 0.3) is 0 Å². The number of carbonyl (C=O) groups excluding carboxylic acids is 1. The molecule has 0 radical (unpaired) electrons. The van der Waals surface area contributed by atoms with Crippen LogP contribution in [0.1, 0.15) is 65.2 Å². The van der Waals surface area contributed by atoms with Gasteiger partial charge in [0.25, 0.3) is 0 Å². The predicted molar refractivity (Wildman–Crippen MR) is 90.2 cm³/mol. The smallest absolute Gasteiger partial charge is 0.407 e. The van der Waals surface area contributed by atoms with Gasteiger partial charge in [0.15, 0.2) is 0 Å². The van der Waals surface area contributed by atoms with Crippen LogP contribution in [0.2, 0.25) is 0 Å². The second kappa shape index (κ2) is 7.34. The normalized spacial score (nSPS) is 23.3. The van der Waals surface area contributed by atoms with Gasteiger partial charge < -0.3 is 19.9 Å². The standard InChI is InChI=1S/C17H30N4O2/c1-12(15-18-10-11-21(15)5)19-13-8-6-7-9-14(13)20-16(22)23-17(2,3)4/h10-14,19H,6-9H2,1-5H3,(H,20,22)/t12?,13-,14-/m1/s1. The van der Waals surface area contributed by atoms with Gasteiger partial charge in [0.2, 0.25) is 0 Å². The van der Waals surface area contributed by atoms with E-state index in [0.29, 0.717) is 0 Å². The molecule has 2 rings (SSSR count). The van der Waals surface area contributed by atoms with Gasteiger partial charge >= 0.3 is 6.09 Å². The lowest BCUT2D eigenvalue weighted by molar-refractivity contribution is 0.0477. The Morgan fingerprint density at radius 2 is 2.00 bits per heavy atom. The fraction of sp³-hybridized carbons (Fsp3) is 0.765. The summed E-state index contributed by atoms with van der Waals surface area (Å²) in [6.45, 7) is 7.76. The number of rotatable bonds is 4. The molecule has 1 amide bonds. The zero-order valence-electron chi connectivity index (χ0n) is 14.9. The molecule has 1 aliphatic rings. The third-order valence-corrected chi connectivity index (χ3v) is 4.18. The van der Waals surface area contributed by atoms with Gasteiger partial charge in [-0.1, -0.05) is 12.8 Å². The number of hydrogen-bond donors (Lipinski definition) is 2. The van der Waals surface area contributed by atoms with Crippen molar-refractivity contribution in [2.75, 3.05) is 0 Å². The van der Waals surface area contributed by atoms with Gasteiger partial charge in [0.05, 0.1) is 6.04 Å². The van der Waals surface area contributed by atoms with Crippen molar-refractivity contribution >= 4 is 6.09 Å². The number of imidazole rings is 1. The van der Waals surface area contributed by atoms with Gasteiger partial charge in [-0.15, -0.1) is 0 Å². The first-order chi connectivity index (χ1) is 10.8. The van der Waals surface area contributed by atoms with Crippen molar-refractivity contribution in [1.82, 2.24) is 20.2 Å². The van der Waals surface area contributed by atoms with Crippen LogP contribution in [0.4, 0.5) is 4.79 Å². The van der Waals surface area contributed by atoms with Crippen LogP contribution in [0.3, 0.4) is 0 Å². The Morgan fingerprint density at radius 1 is 1.35 bits per heavy atom. The van der Waals surface area contributed by atoms with E-state index in [1.165, 1.54) is 6.42 Å². The molecule has 0 aliphatic heterocycles. The van der Waals surface area contributed by atoms with E-state index in [2.05, 4.69) is 22.5 Å². The summed E-state index contributed by atoms with van der Waals surface area (Å²) in [6, 6.07) is 0.477. The lowest BCUT2D eigenvalue weighted by Gasteiger charge is -2.35. The highest BCUT2D eigenvalue weighted by Gasteiger charge is 2.29. The molecule has 0 saturated heterocycles. The predicted octanol–water partition coefficient (Wildman–Crippen LogP) is 2.91. The number of alkyl carbamates (subject to hydrolysis) is 1. The monoisotopic (exact) mass is 322 g/mol. The highest BCUT2D eigenvalue weighted by atomic mass is 16.6. The fourth-order valence-corrected chi connectivity index (χ4v) is 3.15. The minimum Gasteiger partial charge on any atom is -0.444 e. The molecular formula is C17H30N4O2. The van der Waals surface area contributed by atoms with Crippen molar-refractivity contribution < 1.29 is 9.53 Å². The van der Waals surface area contributed by atoms with Gasteiger partial charge in [-0.2, -0.15) is 0 Å². The van der Waals surface area contributed by atoms with Crippen LogP contribution < -0.4 is 10.6 Å². The minimum atomic E-state index is -0.470. The molecule has 0 spiro atoms. The van der Waals surface area contributed by atoms with E-state index in [9.17, 15) is 4.79 Å². The molecule has 1 aliphatic carbocycles. The zero-order chi connectivity index (χ0) is 17.0. The zero-order valence-corrected chi connectivity index (χ0v) is 14.9. The number of aromatic nitrogens is 2. The molecule has 6 nitrogen and oxygen atoms in total. The fourth-order valence-electron chi connectivity index (χ4n) is 3.15. The summed E-state index contributed by atoms with van der Waals surface area (Å²) in [7, 11) is 2.00. The maximum atomic E-state index is 12.1. The number of nitrogens with one attached hydrogen (secondary N) is 2. The number of aryl methyl sites for hydroxylation is 1. The third-order valence-electron chi connectivity index (χ3n) is 4.18. The van der Waals surface area contributed by atoms with Crippen molar-refractivity contribution in [3.8, 4) is 0 Å². The second-order valence-electron chi connectivity index (χ2n) is 7.43. The molecule has 0 aromatic carbocycles. The Labute approximate surface area is 139 Å². The molecule has 6 heteroatoms. The van der Waals surface area contributed by atoms with Crippen LogP contribution in [0, 0.1) is 0 Å². The molecule has 1 saturated carbocycles. The van der Waals surface area contributed by atoms with Crippen molar-refractivity contribution in [3.63, 3.8) is 0 Å². The summed E-state index contributed by atoms with van der Waals surface area (Å²) in [6.07, 6.45) is 7.77. The molecule has 0 bridgehead atoms. The first kappa shape index (κ1) is 17.8. The summed E-state index contributed by atoms with van der Waals surface area (Å²) < 4.78 is 7.42. The van der Waals surface area contributed by atoms with E-state index in [-0.39, 0.29) is 24.2 Å². The number of amides is 1. The van der Waals surface area contributed by atoms with E-state index in [1.54, 1.807) is 0 Å². The van der Waals surface area contributed by atoms with Crippen LogP contribution in [-0.2, 0) is 11.8 Å². The lowest BCUT2D eigenvalue weighted by atomic mass is 9.90. The number of hydrogen-bond acceptors (Lipinski definition) is 4. The molecule has 1 aromatic rings. The van der Waals surface area contributed by atoms with Crippen molar-refractivity contribution in [2.45, 2.75) is 77.1 Å². The SMILES string of the molecule is CC(N[C@@H]1CCCC[C@H]1NC(=O)OC(C)(C)C)c1nccn1C. The van der Waals surface area contributed by atoms with E-state index in [1.807, 2.05) is 44.8 Å². The average molecular weight is 322 g/mol. The van der Waals surface area contributed by atoms with E-state index >= 15 is 0 Å². The van der Waals surface area contributed by atoms with E-state index in [0.717, 1.165) is 25.1 Å². The Morgan fingerprint density at radius 3 is 2.57 bits per heavy atom. The van der Waals surface area contributed by atoms with Crippen molar-refractivity contribution in [2.24, 2.45) is 7.05 Å².